The first kappa shape index (κ1) is 30.4. The maximum atomic E-state index is 12.7. The van der Waals surface area contributed by atoms with E-state index >= 15 is 0 Å². The van der Waals surface area contributed by atoms with Crippen molar-refractivity contribution in [1.29, 1.82) is 0 Å². The zero-order valence-electron chi connectivity index (χ0n) is 24.6. The van der Waals surface area contributed by atoms with E-state index in [4.69, 9.17) is 23.7 Å². The number of hydrogen-bond acceptors (Lipinski definition) is 8. The van der Waals surface area contributed by atoms with Gasteiger partial charge in [0.05, 0.1) is 6.61 Å². The van der Waals surface area contributed by atoms with E-state index in [9.17, 15) is 14.4 Å². The van der Waals surface area contributed by atoms with Gasteiger partial charge in [0.15, 0.2) is 5.79 Å². The Labute approximate surface area is 249 Å². The molecule has 0 bridgehead atoms. The molecular weight excluding hydrogens is 552 g/mol. The number of hydrogen-bond donors (Lipinski definition) is 1. The molecule has 3 aromatic rings. The van der Waals surface area contributed by atoms with E-state index in [2.05, 4.69) is 4.98 Å². The van der Waals surface area contributed by atoms with Crippen molar-refractivity contribution in [3.63, 3.8) is 0 Å². The molecule has 5 rings (SSSR count). The fraction of sp³-hybridized carbons (Fsp3) is 0.364. The number of H-pyrrole nitrogens is 1. The van der Waals surface area contributed by atoms with Gasteiger partial charge < -0.3 is 23.7 Å². The summed E-state index contributed by atoms with van der Waals surface area (Å²) in [5.74, 6) is -1.37. The van der Waals surface area contributed by atoms with Gasteiger partial charge in [-0.1, -0.05) is 72.8 Å². The molecule has 0 radical (unpaired) electrons. The van der Waals surface area contributed by atoms with Gasteiger partial charge in [0.2, 0.25) is 0 Å². The van der Waals surface area contributed by atoms with Crippen molar-refractivity contribution in [2.75, 3.05) is 20.8 Å². The molecule has 1 saturated heterocycles. The first-order valence-electron chi connectivity index (χ1n) is 14.1. The quantitative estimate of drug-likeness (QED) is 0.280. The van der Waals surface area contributed by atoms with Crippen LogP contribution < -0.4 is 11.2 Å². The summed E-state index contributed by atoms with van der Waals surface area (Å²) >= 11 is 0. The second-order valence-electron chi connectivity index (χ2n) is 10.6. The molecule has 2 heterocycles. The molecule has 0 saturated carbocycles. The van der Waals surface area contributed by atoms with Crippen molar-refractivity contribution >= 4 is 5.97 Å². The van der Waals surface area contributed by atoms with E-state index < -0.39 is 47.0 Å². The Morgan fingerprint density at radius 1 is 1.05 bits per heavy atom. The Hall–Kier alpha value is -4.09. The van der Waals surface area contributed by atoms with Gasteiger partial charge in [0.25, 0.3) is 5.56 Å². The van der Waals surface area contributed by atoms with Gasteiger partial charge in [-0.25, -0.2) is 4.79 Å². The lowest BCUT2D eigenvalue weighted by Crippen LogP contribution is -2.41. The summed E-state index contributed by atoms with van der Waals surface area (Å²) in [5.41, 5.74) is 0.824. The summed E-state index contributed by atoms with van der Waals surface area (Å²) in [4.78, 5) is 39.0. The van der Waals surface area contributed by atoms with Gasteiger partial charge in [0, 0.05) is 45.7 Å². The van der Waals surface area contributed by atoms with Crippen molar-refractivity contribution in [1.82, 2.24) is 9.55 Å². The summed E-state index contributed by atoms with van der Waals surface area (Å²) in [7, 11) is 3.20. The highest BCUT2D eigenvalue weighted by Crippen LogP contribution is 2.45. The van der Waals surface area contributed by atoms with Crippen molar-refractivity contribution in [3.8, 4) is 0 Å². The third-order valence-electron chi connectivity index (χ3n) is 8.00. The van der Waals surface area contributed by atoms with Gasteiger partial charge in [-0.2, -0.15) is 0 Å². The lowest BCUT2D eigenvalue weighted by Gasteiger charge is -2.40. The molecule has 1 aliphatic carbocycles. The fourth-order valence-electron chi connectivity index (χ4n) is 5.71. The number of rotatable bonds is 10. The Morgan fingerprint density at radius 2 is 1.67 bits per heavy atom. The Kier molecular flexibility index (Phi) is 8.93. The molecule has 0 spiro atoms. The first-order valence-corrected chi connectivity index (χ1v) is 14.1. The minimum atomic E-state index is -1.08. The zero-order chi connectivity index (χ0) is 30.6. The monoisotopic (exact) mass is 588 g/mol. The number of carbonyl (C=O) groups is 1. The van der Waals surface area contributed by atoms with Gasteiger partial charge >= 0.3 is 11.7 Å². The van der Waals surface area contributed by atoms with Gasteiger partial charge in [-0.15, -0.1) is 0 Å². The van der Waals surface area contributed by atoms with Gasteiger partial charge in [0.1, 0.15) is 24.0 Å². The van der Waals surface area contributed by atoms with E-state index in [0.29, 0.717) is 12.0 Å². The van der Waals surface area contributed by atoms with Crippen LogP contribution in [0.1, 0.15) is 42.7 Å². The largest absolute Gasteiger partial charge is 0.460 e. The van der Waals surface area contributed by atoms with Crippen LogP contribution in [0.5, 0.6) is 0 Å². The highest BCUT2D eigenvalue weighted by atomic mass is 16.7. The van der Waals surface area contributed by atoms with Crippen LogP contribution in [0.15, 0.2) is 100 Å². The maximum Gasteiger partial charge on any atom is 0.330 e. The lowest BCUT2D eigenvalue weighted by atomic mass is 9.77. The first-order chi connectivity index (χ1) is 20.7. The van der Waals surface area contributed by atoms with E-state index in [1.54, 1.807) is 21.1 Å². The van der Waals surface area contributed by atoms with E-state index in [-0.39, 0.29) is 13.0 Å². The summed E-state index contributed by atoms with van der Waals surface area (Å²) in [6.07, 6.45) is 5.77. The Morgan fingerprint density at radius 3 is 2.21 bits per heavy atom. The Bertz CT molecular complexity index is 1570. The third kappa shape index (κ3) is 6.05. The molecule has 10 heteroatoms. The molecule has 1 aromatic heterocycles. The van der Waals surface area contributed by atoms with Crippen LogP contribution >= 0.6 is 0 Å². The summed E-state index contributed by atoms with van der Waals surface area (Å²) < 4.78 is 31.6. The molecule has 2 aliphatic rings. The third-order valence-corrected chi connectivity index (χ3v) is 8.00. The molecule has 226 valence electrons. The highest BCUT2D eigenvalue weighted by Gasteiger charge is 2.45. The molecule has 0 unspecified atom stereocenters. The van der Waals surface area contributed by atoms with E-state index in [0.717, 1.165) is 16.7 Å². The molecule has 1 N–H and O–H groups in total. The van der Waals surface area contributed by atoms with Crippen LogP contribution in [0.25, 0.3) is 0 Å². The number of esters is 1. The number of aryl methyl sites for hydroxylation is 1. The van der Waals surface area contributed by atoms with Crippen LogP contribution in [-0.4, -0.2) is 54.3 Å². The maximum absolute atomic E-state index is 12.7. The Balaban J connectivity index is 1.55. The lowest BCUT2D eigenvalue weighted by molar-refractivity contribution is -0.168. The topological polar surface area (TPSA) is 118 Å². The van der Waals surface area contributed by atoms with Gasteiger partial charge in [-0.05, 0) is 29.7 Å². The molecule has 1 fully saturated rings. The van der Waals surface area contributed by atoms with Crippen molar-refractivity contribution in [2.24, 2.45) is 0 Å². The number of nitrogens with zero attached hydrogens (tertiary/aromatic N) is 1. The molecule has 2 aromatic carbocycles. The zero-order valence-corrected chi connectivity index (χ0v) is 24.6. The second kappa shape index (κ2) is 12.6. The molecule has 43 heavy (non-hydrogen) atoms. The summed E-state index contributed by atoms with van der Waals surface area (Å²) in [6, 6.07) is 19.7. The van der Waals surface area contributed by atoms with Crippen LogP contribution in [0.4, 0.5) is 0 Å². The standard InChI is InChI=1S/C33H36N2O8/c1-22-20-35(31(38)34-30(22)37)29-19-27(42-23(2)36)28(43-29)21-41-33(24-11-7-5-8-12-24,25-13-9-6-10-14-25)26-15-17-32(39-3,40-4)18-16-26/h5-17,20,27-29H,18-19,21H2,1-4H3,(H,34,37,38)/t27-,28+,29+/m0/s1. The van der Waals surface area contributed by atoms with Crippen LogP contribution in [-0.2, 0) is 34.1 Å². The number of aromatic amines is 1. The predicted octanol–water partition coefficient (Wildman–Crippen LogP) is 3.90. The second-order valence-corrected chi connectivity index (χ2v) is 10.6. The summed E-state index contributed by atoms with van der Waals surface area (Å²) in [5, 5.41) is 0. The molecular formula is C33H36N2O8. The van der Waals surface area contributed by atoms with E-state index in [1.165, 1.54) is 17.7 Å². The normalized spacial score (nSPS) is 21.4. The van der Waals surface area contributed by atoms with Crippen molar-refractivity contribution in [2.45, 2.75) is 56.5 Å². The summed E-state index contributed by atoms with van der Waals surface area (Å²) in [6.45, 7) is 2.95. The molecule has 10 nitrogen and oxygen atoms in total. The van der Waals surface area contributed by atoms with Gasteiger partial charge in [-0.3, -0.25) is 19.1 Å². The fourth-order valence-corrected chi connectivity index (χ4v) is 5.71. The highest BCUT2D eigenvalue weighted by molar-refractivity contribution is 5.66. The molecule has 1 aliphatic heterocycles. The number of carbonyl (C=O) groups excluding carboxylic acids is 1. The molecule has 3 atom stereocenters. The molecule has 0 amide bonds. The van der Waals surface area contributed by atoms with Crippen LogP contribution in [0, 0.1) is 6.92 Å². The van der Waals surface area contributed by atoms with Crippen molar-refractivity contribution < 1.29 is 28.5 Å². The smallest absolute Gasteiger partial charge is 0.330 e. The minimum Gasteiger partial charge on any atom is -0.460 e. The van der Waals surface area contributed by atoms with E-state index in [1.807, 2.05) is 78.9 Å². The SMILES string of the molecule is COC1(OC)C=CC(C(OC[C@H]2O[C@@H](n3cc(C)c(=O)[nH]c3=O)C[C@@H]2OC(C)=O)(c2ccccc2)c2ccccc2)=CC1. The number of ether oxygens (including phenoxy) is 5. The average molecular weight is 589 g/mol. The number of nitrogens with one attached hydrogen (secondary N) is 1. The predicted molar refractivity (Wildman–Crippen MR) is 158 cm³/mol. The minimum absolute atomic E-state index is 0.0141. The average Bonchev–Trinajstić information content (AvgIpc) is 3.42. The number of benzene rings is 2. The van der Waals surface area contributed by atoms with Crippen LogP contribution in [0.3, 0.4) is 0 Å². The van der Waals surface area contributed by atoms with Crippen LogP contribution in [0.2, 0.25) is 0 Å². The van der Waals surface area contributed by atoms with Crippen molar-refractivity contribution in [3.05, 3.63) is 128 Å². The number of aromatic nitrogens is 2. The number of methoxy groups -OCH3 is 2.